The number of nitrogen functional groups attached to an aromatic ring is 1. The Kier molecular flexibility index (Phi) is 5.20. The highest BCUT2D eigenvalue weighted by atomic mass is 16.5. The Morgan fingerprint density at radius 2 is 1.90 bits per heavy atom. The molecule has 0 fully saturated rings. The van der Waals surface area contributed by atoms with Gasteiger partial charge in [-0.05, 0) is 42.4 Å². The average Bonchev–Trinajstić information content (AvgIpc) is 2.48. The van der Waals surface area contributed by atoms with Crippen LogP contribution in [0.1, 0.15) is 17.2 Å². The summed E-state index contributed by atoms with van der Waals surface area (Å²) in [7, 11) is 3.64. The molecule has 112 valence electrons. The quantitative estimate of drug-likeness (QED) is 0.801. The van der Waals surface area contributed by atoms with Crippen molar-refractivity contribution in [3.8, 4) is 5.75 Å². The Bertz CT molecular complexity index is 569. The van der Waals surface area contributed by atoms with Crippen LogP contribution in [0.15, 0.2) is 48.5 Å². The SMILES string of the molecule is COc1ccc(C(CO)N(C)Cc2cccc(N)c2)cc1. The maximum atomic E-state index is 9.71. The molecule has 0 spiro atoms. The van der Waals surface area contributed by atoms with Crippen LogP contribution in [0.4, 0.5) is 5.69 Å². The first-order valence-electron chi connectivity index (χ1n) is 6.93. The highest BCUT2D eigenvalue weighted by molar-refractivity contribution is 5.40. The second-order valence-electron chi connectivity index (χ2n) is 5.13. The smallest absolute Gasteiger partial charge is 0.118 e. The van der Waals surface area contributed by atoms with Crippen molar-refractivity contribution in [2.45, 2.75) is 12.6 Å². The van der Waals surface area contributed by atoms with E-state index in [0.29, 0.717) is 0 Å². The lowest BCUT2D eigenvalue weighted by Crippen LogP contribution is -2.27. The van der Waals surface area contributed by atoms with Crippen molar-refractivity contribution in [1.29, 1.82) is 0 Å². The fraction of sp³-hybridized carbons (Fsp3) is 0.294. The first kappa shape index (κ1) is 15.4. The van der Waals surface area contributed by atoms with Crippen molar-refractivity contribution in [1.82, 2.24) is 4.90 Å². The summed E-state index contributed by atoms with van der Waals surface area (Å²) < 4.78 is 5.16. The van der Waals surface area contributed by atoms with E-state index >= 15 is 0 Å². The monoisotopic (exact) mass is 286 g/mol. The molecular formula is C17H22N2O2. The largest absolute Gasteiger partial charge is 0.497 e. The van der Waals surface area contributed by atoms with Crippen LogP contribution >= 0.6 is 0 Å². The molecule has 0 bridgehead atoms. The molecule has 0 radical (unpaired) electrons. The minimum atomic E-state index is -0.0580. The molecule has 3 N–H and O–H groups in total. The number of hydrogen-bond acceptors (Lipinski definition) is 4. The Hall–Kier alpha value is -2.04. The molecule has 0 aliphatic carbocycles. The van der Waals surface area contributed by atoms with Crippen LogP contribution in [0.3, 0.4) is 0 Å². The van der Waals surface area contributed by atoms with Crippen LogP contribution in [0.25, 0.3) is 0 Å². The van der Waals surface area contributed by atoms with Gasteiger partial charge in [-0.15, -0.1) is 0 Å². The Morgan fingerprint density at radius 1 is 1.19 bits per heavy atom. The van der Waals surface area contributed by atoms with Gasteiger partial charge >= 0.3 is 0 Å². The zero-order valence-electron chi connectivity index (χ0n) is 12.5. The van der Waals surface area contributed by atoms with Crippen LogP contribution in [0.5, 0.6) is 5.75 Å². The summed E-state index contributed by atoms with van der Waals surface area (Å²) in [4.78, 5) is 2.11. The predicted octanol–water partition coefficient (Wildman–Crippen LogP) is 2.44. The van der Waals surface area contributed by atoms with E-state index in [1.54, 1.807) is 7.11 Å². The first-order chi connectivity index (χ1) is 10.1. The molecule has 0 amide bonds. The number of nitrogens with two attached hydrogens (primary N) is 1. The standard InChI is InChI=1S/C17H22N2O2/c1-19(11-13-4-3-5-15(18)10-13)17(12-20)14-6-8-16(21-2)9-7-14/h3-10,17,20H,11-12,18H2,1-2H3. The van der Waals surface area contributed by atoms with Crippen molar-refractivity contribution >= 4 is 5.69 Å². The maximum Gasteiger partial charge on any atom is 0.118 e. The van der Waals surface area contributed by atoms with Gasteiger partial charge in [0.05, 0.1) is 19.8 Å². The third kappa shape index (κ3) is 3.97. The summed E-state index contributed by atoms with van der Waals surface area (Å²) in [5.74, 6) is 0.814. The van der Waals surface area contributed by atoms with Crippen molar-refractivity contribution in [3.63, 3.8) is 0 Å². The summed E-state index contributed by atoms with van der Waals surface area (Å²) >= 11 is 0. The number of rotatable bonds is 6. The third-order valence-electron chi connectivity index (χ3n) is 3.59. The Labute approximate surface area is 125 Å². The van der Waals surface area contributed by atoms with Crippen LogP contribution < -0.4 is 10.5 Å². The molecule has 2 aromatic carbocycles. The number of aliphatic hydroxyl groups is 1. The zero-order valence-corrected chi connectivity index (χ0v) is 12.5. The molecule has 1 atom stereocenters. The van der Waals surface area contributed by atoms with Gasteiger partial charge in [-0.3, -0.25) is 4.90 Å². The minimum absolute atomic E-state index is 0.0580. The summed E-state index contributed by atoms with van der Waals surface area (Å²) in [5, 5.41) is 9.71. The van der Waals surface area contributed by atoms with Gasteiger partial charge in [-0.25, -0.2) is 0 Å². The van der Waals surface area contributed by atoms with Crippen molar-refractivity contribution in [3.05, 3.63) is 59.7 Å². The molecule has 4 heteroatoms. The van der Waals surface area contributed by atoms with E-state index in [1.165, 1.54) is 0 Å². The molecule has 0 aliphatic heterocycles. The highest BCUT2D eigenvalue weighted by Gasteiger charge is 2.16. The van der Waals surface area contributed by atoms with E-state index in [1.807, 2.05) is 55.6 Å². The normalized spacial score (nSPS) is 12.4. The fourth-order valence-electron chi connectivity index (χ4n) is 2.41. The average molecular weight is 286 g/mol. The lowest BCUT2D eigenvalue weighted by atomic mass is 10.1. The summed E-state index contributed by atoms with van der Waals surface area (Å²) in [6, 6.07) is 15.5. The van der Waals surface area contributed by atoms with Gasteiger partial charge in [0.25, 0.3) is 0 Å². The number of methoxy groups -OCH3 is 1. The molecule has 2 aromatic rings. The van der Waals surface area contributed by atoms with Crippen LogP contribution in [-0.2, 0) is 6.54 Å². The van der Waals surface area contributed by atoms with E-state index in [4.69, 9.17) is 10.5 Å². The summed E-state index contributed by atoms with van der Waals surface area (Å²) in [6.07, 6.45) is 0. The number of ether oxygens (including phenoxy) is 1. The van der Waals surface area contributed by atoms with E-state index in [9.17, 15) is 5.11 Å². The molecular weight excluding hydrogens is 264 g/mol. The minimum Gasteiger partial charge on any atom is -0.497 e. The van der Waals surface area contributed by atoms with Crippen LogP contribution in [0, 0.1) is 0 Å². The number of anilines is 1. The van der Waals surface area contributed by atoms with Gasteiger partial charge in [0.1, 0.15) is 5.75 Å². The maximum absolute atomic E-state index is 9.71. The van der Waals surface area contributed by atoms with E-state index < -0.39 is 0 Å². The summed E-state index contributed by atoms with van der Waals surface area (Å²) in [6.45, 7) is 0.785. The fourth-order valence-corrected chi connectivity index (χ4v) is 2.41. The van der Waals surface area contributed by atoms with Gasteiger partial charge in [0.15, 0.2) is 0 Å². The van der Waals surface area contributed by atoms with E-state index in [0.717, 1.165) is 29.1 Å². The van der Waals surface area contributed by atoms with Crippen LogP contribution in [-0.4, -0.2) is 30.8 Å². The number of hydrogen-bond donors (Lipinski definition) is 2. The molecule has 0 aromatic heterocycles. The molecule has 4 nitrogen and oxygen atoms in total. The predicted molar refractivity (Wildman–Crippen MR) is 85.1 cm³/mol. The Balaban J connectivity index is 2.12. The molecule has 1 unspecified atom stereocenters. The van der Waals surface area contributed by atoms with Crippen molar-refractivity contribution < 1.29 is 9.84 Å². The van der Waals surface area contributed by atoms with Gasteiger partial charge in [0, 0.05) is 12.2 Å². The van der Waals surface area contributed by atoms with Gasteiger partial charge in [0.2, 0.25) is 0 Å². The van der Waals surface area contributed by atoms with Crippen LogP contribution in [0.2, 0.25) is 0 Å². The second-order valence-corrected chi connectivity index (χ2v) is 5.13. The van der Waals surface area contributed by atoms with E-state index in [2.05, 4.69) is 4.90 Å². The Morgan fingerprint density at radius 3 is 2.48 bits per heavy atom. The topological polar surface area (TPSA) is 58.7 Å². The molecule has 0 saturated heterocycles. The lowest BCUT2D eigenvalue weighted by Gasteiger charge is -2.27. The van der Waals surface area contributed by atoms with E-state index in [-0.39, 0.29) is 12.6 Å². The van der Waals surface area contributed by atoms with Gasteiger partial charge in [-0.2, -0.15) is 0 Å². The summed E-state index contributed by atoms with van der Waals surface area (Å²) in [5.41, 5.74) is 8.75. The molecule has 0 aliphatic rings. The number of nitrogens with zero attached hydrogens (tertiary/aromatic N) is 1. The molecule has 21 heavy (non-hydrogen) atoms. The lowest BCUT2D eigenvalue weighted by molar-refractivity contribution is 0.142. The number of likely N-dealkylation sites (N-methyl/N-ethyl adjacent to an activating group) is 1. The number of benzene rings is 2. The van der Waals surface area contributed by atoms with Gasteiger partial charge < -0.3 is 15.6 Å². The molecule has 0 heterocycles. The molecule has 2 rings (SSSR count). The zero-order chi connectivity index (χ0) is 15.2. The van der Waals surface area contributed by atoms with Gasteiger partial charge in [-0.1, -0.05) is 24.3 Å². The highest BCUT2D eigenvalue weighted by Crippen LogP contribution is 2.23. The van der Waals surface area contributed by atoms with Crippen molar-refractivity contribution in [2.75, 3.05) is 26.5 Å². The first-order valence-corrected chi connectivity index (χ1v) is 6.93. The third-order valence-corrected chi connectivity index (χ3v) is 3.59. The second kappa shape index (κ2) is 7.11. The van der Waals surface area contributed by atoms with Crippen molar-refractivity contribution in [2.24, 2.45) is 0 Å². The molecule has 0 saturated carbocycles. The number of aliphatic hydroxyl groups excluding tert-OH is 1.